The first kappa shape index (κ1) is 12.9. The van der Waals surface area contributed by atoms with Crippen molar-refractivity contribution in [3.63, 3.8) is 0 Å². The van der Waals surface area contributed by atoms with Gasteiger partial charge in [0.2, 0.25) is 0 Å². The predicted molar refractivity (Wildman–Crippen MR) is 77.0 cm³/mol. The third-order valence-electron chi connectivity index (χ3n) is 6.62. The van der Waals surface area contributed by atoms with Crippen molar-refractivity contribution in [1.82, 2.24) is 0 Å². The van der Waals surface area contributed by atoms with Gasteiger partial charge in [0.1, 0.15) is 5.40 Å². The molecular formula is C16H25NS. The molecule has 0 aromatic carbocycles. The van der Waals surface area contributed by atoms with Gasteiger partial charge in [0.15, 0.2) is 0 Å². The molecule has 0 unspecified atom stereocenters. The van der Waals surface area contributed by atoms with E-state index in [1.807, 2.05) is 0 Å². The van der Waals surface area contributed by atoms with E-state index in [2.05, 4.69) is 33.1 Å². The van der Waals surface area contributed by atoms with E-state index in [9.17, 15) is 0 Å². The van der Waals surface area contributed by atoms with Crippen LogP contribution in [0.25, 0.3) is 0 Å². The Balaban J connectivity index is 1.93. The predicted octanol–water partition coefficient (Wildman–Crippen LogP) is 4.69. The summed E-state index contributed by atoms with van der Waals surface area (Å²) < 4.78 is 0. The van der Waals surface area contributed by atoms with Gasteiger partial charge in [-0.2, -0.15) is 5.26 Å². The smallest absolute Gasteiger partial charge is 0.133 e. The highest BCUT2D eigenvalue weighted by molar-refractivity contribution is 8.04. The van der Waals surface area contributed by atoms with Gasteiger partial charge in [0.25, 0.3) is 0 Å². The fraction of sp³-hybridized carbons (Fsp3) is 0.938. The average Bonchev–Trinajstić information content (AvgIpc) is 2.41. The number of rotatable bonds is 2. The van der Waals surface area contributed by atoms with Crippen molar-refractivity contribution in [3.8, 4) is 5.40 Å². The molecule has 4 bridgehead atoms. The lowest BCUT2D eigenvalue weighted by molar-refractivity contribution is -0.0816. The van der Waals surface area contributed by atoms with Crippen LogP contribution >= 0.6 is 11.8 Å². The molecule has 0 aromatic rings. The first-order valence-electron chi connectivity index (χ1n) is 7.45. The highest BCUT2D eigenvalue weighted by atomic mass is 32.2. The normalized spacial score (nSPS) is 53.8. The Bertz CT molecular complexity index is 398. The van der Waals surface area contributed by atoms with Gasteiger partial charge in [-0.25, -0.2) is 0 Å². The molecule has 0 aliphatic heterocycles. The van der Waals surface area contributed by atoms with Crippen molar-refractivity contribution in [3.05, 3.63) is 0 Å². The molecule has 4 rings (SSSR count). The molecule has 0 saturated heterocycles. The summed E-state index contributed by atoms with van der Waals surface area (Å²) in [5.41, 5.74) is 0.987. The van der Waals surface area contributed by atoms with Gasteiger partial charge >= 0.3 is 0 Å². The van der Waals surface area contributed by atoms with E-state index in [0.717, 1.165) is 23.7 Å². The summed E-state index contributed by atoms with van der Waals surface area (Å²) >= 11 is 1.57. The number of thioether (sulfide) groups is 1. The molecule has 1 nitrogen and oxygen atoms in total. The molecule has 2 heteroatoms. The van der Waals surface area contributed by atoms with Crippen LogP contribution in [0.15, 0.2) is 0 Å². The van der Waals surface area contributed by atoms with Gasteiger partial charge in [0, 0.05) is 5.25 Å². The Morgan fingerprint density at radius 2 is 1.94 bits per heavy atom. The lowest BCUT2D eigenvalue weighted by Crippen LogP contribution is -2.51. The number of hydrogen-bond acceptors (Lipinski definition) is 2. The maximum Gasteiger partial charge on any atom is 0.133 e. The van der Waals surface area contributed by atoms with Crippen molar-refractivity contribution < 1.29 is 0 Å². The van der Waals surface area contributed by atoms with E-state index in [1.54, 1.807) is 11.8 Å². The zero-order chi connectivity index (χ0) is 13.1. The maximum atomic E-state index is 9.07. The standard InChI is InChI=1S/C16H25NS/c1-10(2)12-5-13-15(3)6-11(12)7-16(13,4)14(8-15)18-9-17/h10-14H,5-8H2,1-4H3/t11-,12-,13+,14+,15+,16+/m0/s1. The molecular weight excluding hydrogens is 238 g/mol. The SMILES string of the molecule is CC(C)[C@@H]1C[C@@H]2[C@]3(C)C[C@H]1C[C@@]2(C)[C@H](SC#N)C3. The minimum atomic E-state index is 0.448. The second-order valence-electron chi connectivity index (χ2n) is 7.93. The van der Waals surface area contributed by atoms with E-state index in [-0.39, 0.29) is 0 Å². The van der Waals surface area contributed by atoms with Crippen LogP contribution in [0.2, 0.25) is 0 Å². The molecule has 0 N–H and O–H groups in total. The zero-order valence-corrected chi connectivity index (χ0v) is 12.9. The number of nitrogens with zero attached hydrogens (tertiary/aromatic N) is 1. The second kappa shape index (κ2) is 3.92. The van der Waals surface area contributed by atoms with Gasteiger partial charge in [-0.05, 0) is 71.9 Å². The van der Waals surface area contributed by atoms with Gasteiger partial charge in [-0.15, -0.1) is 0 Å². The Morgan fingerprint density at radius 1 is 1.22 bits per heavy atom. The molecule has 6 atom stereocenters. The first-order valence-corrected chi connectivity index (χ1v) is 8.33. The van der Waals surface area contributed by atoms with Crippen LogP contribution in [-0.4, -0.2) is 5.25 Å². The molecule has 0 spiro atoms. The van der Waals surface area contributed by atoms with Crippen molar-refractivity contribution in [2.45, 2.75) is 58.6 Å². The monoisotopic (exact) mass is 263 g/mol. The van der Waals surface area contributed by atoms with Crippen molar-refractivity contribution >= 4 is 11.8 Å². The lowest BCUT2D eigenvalue weighted by atomic mass is 9.47. The summed E-state index contributed by atoms with van der Waals surface area (Å²) in [6.07, 6.45) is 5.53. The Labute approximate surface area is 116 Å². The summed E-state index contributed by atoms with van der Waals surface area (Å²) in [4.78, 5) is 0. The van der Waals surface area contributed by atoms with E-state index in [1.165, 1.54) is 25.7 Å². The van der Waals surface area contributed by atoms with Gasteiger partial charge in [-0.1, -0.05) is 27.7 Å². The van der Waals surface area contributed by atoms with Crippen LogP contribution < -0.4 is 0 Å². The second-order valence-corrected chi connectivity index (χ2v) is 8.91. The minimum Gasteiger partial charge on any atom is -0.185 e. The molecule has 0 heterocycles. The van der Waals surface area contributed by atoms with Gasteiger partial charge in [0.05, 0.1) is 0 Å². The summed E-state index contributed by atoms with van der Waals surface area (Å²) in [7, 11) is 0. The van der Waals surface area contributed by atoms with Crippen LogP contribution in [0.5, 0.6) is 0 Å². The maximum absolute atomic E-state index is 9.07. The Morgan fingerprint density at radius 3 is 2.50 bits per heavy atom. The highest BCUT2D eigenvalue weighted by Crippen LogP contribution is 2.72. The molecule has 0 aromatic heterocycles. The lowest BCUT2D eigenvalue weighted by Gasteiger charge is -2.58. The van der Waals surface area contributed by atoms with Crippen LogP contribution in [-0.2, 0) is 0 Å². The third-order valence-corrected chi connectivity index (χ3v) is 7.71. The first-order chi connectivity index (χ1) is 8.40. The van der Waals surface area contributed by atoms with Crippen LogP contribution in [0, 0.1) is 45.2 Å². The fourth-order valence-electron chi connectivity index (χ4n) is 5.93. The van der Waals surface area contributed by atoms with E-state index in [0.29, 0.717) is 16.1 Å². The average molecular weight is 263 g/mol. The van der Waals surface area contributed by atoms with Crippen molar-refractivity contribution in [2.24, 2.45) is 34.5 Å². The van der Waals surface area contributed by atoms with Gasteiger partial charge < -0.3 is 0 Å². The molecule has 4 aliphatic carbocycles. The van der Waals surface area contributed by atoms with Gasteiger partial charge in [-0.3, -0.25) is 0 Å². The van der Waals surface area contributed by atoms with E-state index in [4.69, 9.17) is 5.26 Å². The van der Waals surface area contributed by atoms with E-state index >= 15 is 0 Å². The zero-order valence-electron chi connectivity index (χ0n) is 12.1. The molecule has 18 heavy (non-hydrogen) atoms. The molecule has 0 amide bonds. The number of fused-ring (bicyclic) bond motifs is 1. The summed E-state index contributed by atoms with van der Waals surface area (Å²) in [5.74, 6) is 3.58. The fourth-order valence-corrected chi connectivity index (χ4v) is 7.05. The van der Waals surface area contributed by atoms with Crippen LogP contribution in [0.3, 0.4) is 0 Å². The quantitative estimate of drug-likeness (QED) is 0.675. The summed E-state index contributed by atoms with van der Waals surface area (Å²) in [6, 6.07) is 0. The molecule has 0 radical (unpaired) electrons. The molecule has 4 saturated carbocycles. The largest absolute Gasteiger partial charge is 0.185 e. The Hall–Kier alpha value is -0.160. The number of nitriles is 1. The Kier molecular flexibility index (Phi) is 2.80. The van der Waals surface area contributed by atoms with Crippen molar-refractivity contribution in [2.75, 3.05) is 0 Å². The number of hydrogen-bond donors (Lipinski definition) is 0. The topological polar surface area (TPSA) is 23.8 Å². The number of thiocyanates is 1. The molecule has 4 aliphatic rings. The molecule has 4 fully saturated rings. The summed E-state index contributed by atoms with van der Waals surface area (Å²) in [6.45, 7) is 9.80. The van der Waals surface area contributed by atoms with Crippen LogP contribution in [0.4, 0.5) is 0 Å². The third kappa shape index (κ3) is 1.52. The van der Waals surface area contributed by atoms with E-state index < -0.39 is 0 Å². The van der Waals surface area contributed by atoms with Crippen LogP contribution in [0.1, 0.15) is 53.4 Å². The van der Waals surface area contributed by atoms with Crippen molar-refractivity contribution in [1.29, 1.82) is 5.26 Å². The highest BCUT2D eigenvalue weighted by Gasteiger charge is 2.66. The minimum absolute atomic E-state index is 0.448. The summed E-state index contributed by atoms with van der Waals surface area (Å²) in [5, 5.41) is 12.0. The molecule has 100 valence electrons.